The molecule has 1 aliphatic rings. The van der Waals surface area contributed by atoms with Gasteiger partial charge in [-0.25, -0.2) is 4.99 Å². The van der Waals surface area contributed by atoms with E-state index < -0.39 is 5.60 Å². The Kier molecular flexibility index (Phi) is 8.21. The number of rotatable bonds is 6. The summed E-state index contributed by atoms with van der Waals surface area (Å²) in [6.07, 6.45) is 7.15. The Morgan fingerprint density at radius 1 is 1.14 bits per heavy atom. The number of amidine groups is 1. The van der Waals surface area contributed by atoms with Crippen molar-refractivity contribution in [3.8, 4) is 5.75 Å². The highest BCUT2D eigenvalue weighted by Gasteiger charge is 2.34. The second kappa shape index (κ2) is 10.4. The zero-order valence-electron chi connectivity index (χ0n) is 18.4. The Bertz CT molecular complexity index is 813. The minimum absolute atomic E-state index is 0.188. The van der Waals surface area contributed by atoms with Gasteiger partial charge in [0, 0.05) is 19.3 Å². The van der Waals surface area contributed by atoms with Crippen LogP contribution in [0.4, 0.5) is 0 Å². The number of phenolic OH excluding ortho intramolecular Hbond substituents is 1. The lowest BCUT2D eigenvalue weighted by Crippen LogP contribution is -2.44. The maximum Gasteiger partial charge on any atom is 0.115 e. The minimum atomic E-state index is -0.905. The molecule has 0 aromatic heterocycles. The van der Waals surface area contributed by atoms with Crippen LogP contribution in [0, 0.1) is 0 Å². The topological polar surface area (TPSA) is 68.4 Å². The van der Waals surface area contributed by atoms with Crippen LogP contribution in [0.15, 0.2) is 57.3 Å². The van der Waals surface area contributed by atoms with Crippen LogP contribution in [0.3, 0.4) is 0 Å². The molecule has 1 fully saturated rings. The second-order valence-electron chi connectivity index (χ2n) is 7.68. The third kappa shape index (κ3) is 6.04. The average Bonchev–Trinajstić information content (AvgIpc) is 2.69. The smallest absolute Gasteiger partial charge is 0.115 e. The summed E-state index contributed by atoms with van der Waals surface area (Å²) in [5.74, 6) is 1.13. The molecule has 2 N–H and O–H groups in total. The Balaban J connectivity index is 2.17. The SMILES string of the molecule is CCC=NC(/C(C)=C/CC)=C(\C)N=C(C)N1CCC(O)(c2cccc(O)c2)CC1. The summed E-state index contributed by atoms with van der Waals surface area (Å²) >= 11 is 0. The Morgan fingerprint density at radius 3 is 2.41 bits per heavy atom. The number of aliphatic imine (C=N–C) groups is 2. The molecule has 1 heterocycles. The minimum Gasteiger partial charge on any atom is -0.508 e. The molecule has 5 heteroatoms. The van der Waals surface area contributed by atoms with Gasteiger partial charge in [-0.15, -0.1) is 0 Å². The number of benzene rings is 1. The summed E-state index contributed by atoms with van der Waals surface area (Å²) in [7, 11) is 0. The molecule has 1 aromatic rings. The molecular formula is C24H35N3O2. The van der Waals surface area contributed by atoms with Gasteiger partial charge in [0.1, 0.15) is 11.6 Å². The number of piperidine rings is 1. The zero-order chi connectivity index (χ0) is 21.4. The van der Waals surface area contributed by atoms with Crippen LogP contribution < -0.4 is 0 Å². The van der Waals surface area contributed by atoms with Crippen molar-refractivity contribution in [2.45, 2.75) is 65.9 Å². The van der Waals surface area contributed by atoms with Crippen LogP contribution in [0.5, 0.6) is 5.75 Å². The van der Waals surface area contributed by atoms with Crippen LogP contribution >= 0.6 is 0 Å². The number of phenols is 1. The summed E-state index contributed by atoms with van der Waals surface area (Å²) in [4.78, 5) is 11.7. The summed E-state index contributed by atoms with van der Waals surface area (Å²) in [5.41, 5.74) is 2.85. The van der Waals surface area contributed by atoms with E-state index in [2.05, 4.69) is 36.7 Å². The standard InChI is InChI=1S/C24H35N3O2/c1-6-9-18(3)23(25-14-7-2)19(4)26-20(5)27-15-12-24(29,13-16-27)21-10-8-11-22(28)17-21/h8-11,14,17,28-29H,6-7,12-13,15-16H2,1-5H3/b18-9+,23-19+,25-14?,26-20?. The first-order valence-corrected chi connectivity index (χ1v) is 10.5. The van der Waals surface area contributed by atoms with Crippen molar-refractivity contribution in [1.29, 1.82) is 0 Å². The normalized spacial score (nSPS) is 18.9. The molecular weight excluding hydrogens is 362 g/mol. The van der Waals surface area contributed by atoms with Gasteiger partial charge < -0.3 is 15.1 Å². The average molecular weight is 398 g/mol. The lowest BCUT2D eigenvalue weighted by atomic mass is 9.84. The fourth-order valence-corrected chi connectivity index (χ4v) is 3.72. The zero-order valence-corrected chi connectivity index (χ0v) is 18.4. The van der Waals surface area contributed by atoms with Gasteiger partial charge in [-0.3, -0.25) is 4.99 Å². The van der Waals surface area contributed by atoms with Crippen molar-refractivity contribution in [3.63, 3.8) is 0 Å². The largest absolute Gasteiger partial charge is 0.508 e. The highest BCUT2D eigenvalue weighted by atomic mass is 16.3. The van der Waals surface area contributed by atoms with Crippen molar-refractivity contribution in [2.75, 3.05) is 13.1 Å². The van der Waals surface area contributed by atoms with Gasteiger partial charge in [-0.2, -0.15) is 0 Å². The van der Waals surface area contributed by atoms with Crippen molar-refractivity contribution in [1.82, 2.24) is 4.90 Å². The maximum atomic E-state index is 11.1. The molecule has 29 heavy (non-hydrogen) atoms. The van der Waals surface area contributed by atoms with Gasteiger partial charge in [-0.1, -0.05) is 32.1 Å². The summed E-state index contributed by atoms with van der Waals surface area (Å²) in [5, 5.41) is 20.8. The van der Waals surface area contributed by atoms with E-state index in [0.29, 0.717) is 25.9 Å². The van der Waals surface area contributed by atoms with E-state index in [4.69, 9.17) is 4.99 Å². The van der Waals surface area contributed by atoms with Crippen molar-refractivity contribution in [3.05, 3.63) is 52.9 Å². The Hall–Kier alpha value is -2.40. The first-order valence-electron chi connectivity index (χ1n) is 10.5. The molecule has 0 unspecified atom stereocenters. The summed E-state index contributed by atoms with van der Waals surface area (Å²) < 4.78 is 0. The number of likely N-dealkylation sites (tertiary alicyclic amines) is 1. The summed E-state index contributed by atoms with van der Waals surface area (Å²) in [6, 6.07) is 6.94. The third-order valence-corrected chi connectivity index (χ3v) is 5.39. The van der Waals surface area contributed by atoms with E-state index in [1.54, 1.807) is 18.2 Å². The Labute approximate surface area is 175 Å². The van der Waals surface area contributed by atoms with E-state index in [1.807, 2.05) is 26.1 Å². The van der Waals surface area contributed by atoms with Crippen molar-refractivity contribution >= 4 is 12.1 Å². The van der Waals surface area contributed by atoms with E-state index in [9.17, 15) is 10.2 Å². The lowest BCUT2D eigenvalue weighted by Gasteiger charge is -2.39. The van der Waals surface area contributed by atoms with Crippen LogP contribution in [0.1, 0.15) is 65.9 Å². The third-order valence-electron chi connectivity index (χ3n) is 5.39. The highest BCUT2D eigenvalue weighted by molar-refractivity contribution is 5.81. The first-order chi connectivity index (χ1) is 13.8. The highest BCUT2D eigenvalue weighted by Crippen LogP contribution is 2.34. The van der Waals surface area contributed by atoms with Crippen LogP contribution in [0.2, 0.25) is 0 Å². The lowest BCUT2D eigenvalue weighted by molar-refractivity contribution is -0.0124. The molecule has 5 nitrogen and oxygen atoms in total. The first kappa shape index (κ1) is 22.9. The van der Waals surface area contributed by atoms with Crippen LogP contribution in [0.25, 0.3) is 0 Å². The van der Waals surface area contributed by atoms with Gasteiger partial charge in [0.25, 0.3) is 0 Å². The van der Waals surface area contributed by atoms with Crippen LogP contribution in [-0.2, 0) is 5.60 Å². The van der Waals surface area contributed by atoms with Crippen LogP contribution in [-0.4, -0.2) is 40.3 Å². The molecule has 1 aliphatic heterocycles. The molecule has 0 spiro atoms. The molecule has 0 atom stereocenters. The number of hydrogen-bond acceptors (Lipinski definition) is 4. The van der Waals surface area contributed by atoms with E-state index in [1.165, 1.54) is 0 Å². The predicted octanol–water partition coefficient (Wildman–Crippen LogP) is 5.16. The molecule has 158 valence electrons. The number of aromatic hydroxyl groups is 1. The molecule has 0 radical (unpaired) electrons. The monoisotopic (exact) mass is 397 g/mol. The van der Waals surface area contributed by atoms with Gasteiger partial charge in [-0.05, 0) is 69.7 Å². The van der Waals surface area contributed by atoms with Crippen molar-refractivity contribution < 1.29 is 10.2 Å². The number of allylic oxidation sites excluding steroid dienone is 3. The number of hydrogen-bond donors (Lipinski definition) is 2. The number of nitrogens with zero attached hydrogens (tertiary/aromatic N) is 3. The second-order valence-corrected chi connectivity index (χ2v) is 7.68. The Morgan fingerprint density at radius 2 is 1.83 bits per heavy atom. The molecule has 0 bridgehead atoms. The molecule has 2 rings (SSSR count). The molecule has 0 aliphatic carbocycles. The molecule has 0 amide bonds. The molecule has 0 saturated carbocycles. The van der Waals surface area contributed by atoms with E-state index in [-0.39, 0.29) is 5.75 Å². The quantitative estimate of drug-likeness (QED) is 0.396. The van der Waals surface area contributed by atoms with E-state index >= 15 is 0 Å². The predicted molar refractivity (Wildman–Crippen MR) is 121 cm³/mol. The fourth-order valence-electron chi connectivity index (χ4n) is 3.72. The van der Waals surface area contributed by atoms with Gasteiger partial charge in [0.15, 0.2) is 0 Å². The number of aliphatic hydroxyl groups is 1. The van der Waals surface area contributed by atoms with Gasteiger partial charge in [0.05, 0.1) is 17.0 Å². The van der Waals surface area contributed by atoms with E-state index in [0.717, 1.165) is 41.2 Å². The van der Waals surface area contributed by atoms with Gasteiger partial charge in [0.2, 0.25) is 0 Å². The maximum absolute atomic E-state index is 11.1. The molecule has 1 saturated heterocycles. The van der Waals surface area contributed by atoms with Gasteiger partial charge >= 0.3 is 0 Å². The van der Waals surface area contributed by atoms with Crippen molar-refractivity contribution in [2.24, 2.45) is 9.98 Å². The summed E-state index contributed by atoms with van der Waals surface area (Å²) in [6.45, 7) is 11.7. The fraction of sp³-hybridized carbons (Fsp3) is 0.500. The molecule has 1 aromatic carbocycles.